The molecule has 0 saturated carbocycles. The van der Waals surface area contributed by atoms with Crippen LogP contribution >= 0.6 is 0 Å². The SMILES string of the molecule is CNCCCNS(=O)(=O)c1ccc(F)c(F)c1F. The summed E-state index contributed by atoms with van der Waals surface area (Å²) in [5, 5.41) is 2.80. The smallest absolute Gasteiger partial charge is 0.243 e. The normalized spacial score (nSPS) is 11.8. The molecule has 0 atom stereocenters. The lowest BCUT2D eigenvalue weighted by Gasteiger charge is -2.08. The van der Waals surface area contributed by atoms with Crippen molar-refractivity contribution in [3.05, 3.63) is 29.6 Å². The van der Waals surface area contributed by atoms with Crippen molar-refractivity contribution in [1.29, 1.82) is 0 Å². The van der Waals surface area contributed by atoms with E-state index in [0.29, 0.717) is 25.1 Å². The number of rotatable bonds is 6. The minimum atomic E-state index is -4.17. The summed E-state index contributed by atoms with van der Waals surface area (Å²) in [5.74, 6) is -4.94. The van der Waals surface area contributed by atoms with Crippen molar-refractivity contribution >= 4 is 10.0 Å². The van der Waals surface area contributed by atoms with Crippen LogP contribution in [0.5, 0.6) is 0 Å². The summed E-state index contributed by atoms with van der Waals surface area (Å²) < 4.78 is 64.2. The Balaban J connectivity index is 2.89. The predicted octanol–water partition coefficient (Wildman–Crippen LogP) is 0.992. The maximum atomic E-state index is 13.3. The molecule has 0 amide bonds. The molecule has 0 saturated heterocycles. The summed E-state index contributed by atoms with van der Waals surface area (Å²) in [6.45, 7) is 0.643. The van der Waals surface area contributed by atoms with Gasteiger partial charge in [-0.2, -0.15) is 0 Å². The van der Waals surface area contributed by atoms with Gasteiger partial charge in [0.1, 0.15) is 4.90 Å². The molecular weight excluding hydrogens is 269 g/mol. The van der Waals surface area contributed by atoms with Crippen molar-refractivity contribution in [1.82, 2.24) is 10.0 Å². The van der Waals surface area contributed by atoms with Crippen molar-refractivity contribution in [2.24, 2.45) is 0 Å². The third-order valence-electron chi connectivity index (χ3n) is 2.18. The quantitative estimate of drug-likeness (QED) is 0.604. The lowest BCUT2D eigenvalue weighted by Crippen LogP contribution is -2.27. The second-order valence-corrected chi connectivity index (χ2v) is 5.26. The number of hydrogen-bond acceptors (Lipinski definition) is 3. The summed E-state index contributed by atoms with van der Waals surface area (Å²) in [6.07, 6.45) is 0.487. The number of halogens is 3. The molecule has 18 heavy (non-hydrogen) atoms. The molecule has 0 aromatic heterocycles. The van der Waals surface area contributed by atoms with Gasteiger partial charge in [0.2, 0.25) is 10.0 Å². The molecule has 0 aliphatic rings. The second-order valence-electron chi connectivity index (χ2n) is 3.53. The van der Waals surface area contributed by atoms with Crippen LogP contribution in [-0.2, 0) is 10.0 Å². The van der Waals surface area contributed by atoms with E-state index >= 15 is 0 Å². The van der Waals surface area contributed by atoms with E-state index in [1.807, 2.05) is 0 Å². The highest BCUT2D eigenvalue weighted by Gasteiger charge is 2.23. The standard InChI is InChI=1S/C10H13F3N2O2S/c1-14-5-2-6-15-18(16,17)8-4-3-7(11)9(12)10(8)13/h3-4,14-15H,2,5-6H2,1H3. The number of benzene rings is 1. The van der Waals surface area contributed by atoms with Gasteiger partial charge >= 0.3 is 0 Å². The van der Waals surface area contributed by atoms with E-state index in [9.17, 15) is 21.6 Å². The van der Waals surface area contributed by atoms with Crippen LogP contribution in [0.4, 0.5) is 13.2 Å². The van der Waals surface area contributed by atoms with Gasteiger partial charge in [-0.3, -0.25) is 0 Å². The average molecular weight is 282 g/mol. The van der Waals surface area contributed by atoms with E-state index in [1.165, 1.54) is 0 Å². The van der Waals surface area contributed by atoms with Gasteiger partial charge in [0.25, 0.3) is 0 Å². The molecule has 0 aliphatic heterocycles. The molecular formula is C10H13F3N2O2S. The largest absolute Gasteiger partial charge is 0.320 e. The molecule has 0 bridgehead atoms. The van der Waals surface area contributed by atoms with Crippen molar-refractivity contribution in [2.75, 3.05) is 20.1 Å². The number of sulfonamides is 1. The van der Waals surface area contributed by atoms with Crippen LogP contribution in [0.3, 0.4) is 0 Å². The Morgan fingerprint density at radius 1 is 1.11 bits per heavy atom. The van der Waals surface area contributed by atoms with Crippen molar-refractivity contribution in [2.45, 2.75) is 11.3 Å². The summed E-state index contributed by atoms with van der Waals surface area (Å²) >= 11 is 0. The monoisotopic (exact) mass is 282 g/mol. The van der Waals surface area contributed by atoms with Crippen molar-refractivity contribution in [3.63, 3.8) is 0 Å². The Bertz CT molecular complexity index is 520. The molecule has 1 aromatic rings. The summed E-state index contributed by atoms with van der Waals surface area (Å²) in [6, 6.07) is 1.26. The topological polar surface area (TPSA) is 58.2 Å². The molecule has 0 aliphatic carbocycles. The predicted molar refractivity (Wildman–Crippen MR) is 60.0 cm³/mol. The number of hydrogen-bond donors (Lipinski definition) is 2. The molecule has 0 fully saturated rings. The third-order valence-corrected chi connectivity index (χ3v) is 3.66. The third kappa shape index (κ3) is 3.44. The average Bonchev–Trinajstić information content (AvgIpc) is 2.31. The molecule has 0 radical (unpaired) electrons. The maximum absolute atomic E-state index is 13.3. The first-order valence-corrected chi connectivity index (χ1v) is 6.66. The molecule has 1 rings (SSSR count). The van der Waals surface area contributed by atoms with Gasteiger partial charge in [-0.15, -0.1) is 0 Å². The molecule has 8 heteroatoms. The Morgan fingerprint density at radius 3 is 2.39 bits per heavy atom. The Hall–Kier alpha value is -1.12. The van der Waals surface area contributed by atoms with Crippen LogP contribution in [0.2, 0.25) is 0 Å². The van der Waals surface area contributed by atoms with E-state index in [1.54, 1.807) is 7.05 Å². The summed E-state index contributed by atoms with van der Waals surface area (Å²) in [4.78, 5) is -0.897. The van der Waals surface area contributed by atoms with Crippen LogP contribution in [-0.4, -0.2) is 28.6 Å². The van der Waals surface area contributed by atoms with Gasteiger partial charge in [-0.1, -0.05) is 0 Å². The van der Waals surface area contributed by atoms with Crippen LogP contribution in [0.25, 0.3) is 0 Å². The van der Waals surface area contributed by atoms with Crippen LogP contribution in [0.1, 0.15) is 6.42 Å². The van der Waals surface area contributed by atoms with Crippen molar-refractivity contribution in [3.8, 4) is 0 Å². The van der Waals surface area contributed by atoms with Gasteiger partial charge in [0.15, 0.2) is 17.5 Å². The summed E-state index contributed by atoms with van der Waals surface area (Å²) in [7, 11) is -2.47. The highest BCUT2D eigenvalue weighted by molar-refractivity contribution is 7.89. The molecule has 2 N–H and O–H groups in total. The first kappa shape index (κ1) is 14.9. The second kappa shape index (κ2) is 6.17. The first-order chi connectivity index (χ1) is 8.40. The lowest BCUT2D eigenvalue weighted by molar-refractivity contribution is 0.431. The van der Waals surface area contributed by atoms with E-state index in [0.717, 1.165) is 0 Å². The fraction of sp³-hybridized carbons (Fsp3) is 0.400. The van der Waals surface area contributed by atoms with Crippen LogP contribution in [0, 0.1) is 17.5 Å². The summed E-state index contributed by atoms with van der Waals surface area (Å²) in [5.41, 5.74) is 0. The van der Waals surface area contributed by atoms with Crippen LogP contribution < -0.4 is 10.0 Å². The zero-order valence-corrected chi connectivity index (χ0v) is 10.5. The number of nitrogens with one attached hydrogen (secondary N) is 2. The van der Waals surface area contributed by atoms with E-state index in [2.05, 4.69) is 10.0 Å². The molecule has 0 heterocycles. The maximum Gasteiger partial charge on any atom is 0.243 e. The van der Waals surface area contributed by atoms with E-state index < -0.39 is 32.4 Å². The van der Waals surface area contributed by atoms with Gasteiger partial charge in [-0.25, -0.2) is 26.3 Å². The lowest BCUT2D eigenvalue weighted by atomic mass is 10.3. The molecule has 0 unspecified atom stereocenters. The fourth-order valence-corrected chi connectivity index (χ4v) is 2.41. The van der Waals surface area contributed by atoms with E-state index in [4.69, 9.17) is 0 Å². The molecule has 0 spiro atoms. The molecule has 1 aromatic carbocycles. The Kier molecular flexibility index (Phi) is 5.12. The van der Waals surface area contributed by atoms with Crippen LogP contribution in [0.15, 0.2) is 17.0 Å². The highest BCUT2D eigenvalue weighted by Crippen LogP contribution is 2.19. The first-order valence-electron chi connectivity index (χ1n) is 5.18. The Morgan fingerprint density at radius 2 is 1.78 bits per heavy atom. The zero-order valence-electron chi connectivity index (χ0n) is 9.63. The van der Waals surface area contributed by atoms with Gasteiger partial charge in [0, 0.05) is 6.54 Å². The van der Waals surface area contributed by atoms with Gasteiger partial charge < -0.3 is 5.32 Å². The minimum Gasteiger partial charge on any atom is -0.320 e. The Labute approximate surface area is 103 Å². The highest BCUT2D eigenvalue weighted by atomic mass is 32.2. The van der Waals surface area contributed by atoms with Crippen molar-refractivity contribution < 1.29 is 21.6 Å². The molecule has 102 valence electrons. The minimum absolute atomic E-state index is 0.0710. The zero-order chi connectivity index (χ0) is 13.8. The van der Waals surface area contributed by atoms with Gasteiger partial charge in [-0.05, 0) is 32.1 Å². The fourth-order valence-electron chi connectivity index (χ4n) is 1.27. The van der Waals surface area contributed by atoms with Gasteiger partial charge in [0.05, 0.1) is 0 Å². The van der Waals surface area contributed by atoms with E-state index in [-0.39, 0.29) is 6.54 Å². The molecule has 4 nitrogen and oxygen atoms in total.